The number of hydrogen-bond donors (Lipinski definition) is 1. The third-order valence-electron chi connectivity index (χ3n) is 12.1. The van der Waals surface area contributed by atoms with Crippen LogP contribution in [0, 0.1) is 5.92 Å². The Morgan fingerprint density at radius 2 is 1.20 bits per heavy atom. The summed E-state index contributed by atoms with van der Waals surface area (Å²) in [5.74, 6) is 0.374. The third-order valence-corrected chi connectivity index (χ3v) is 12.1. The monoisotopic (exact) mass is 838 g/mol. The van der Waals surface area contributed by atoms with Crippen molar-refractivity contribution in [3.05, 3.63) is 273 Å². The molecule has 1 heterocycles. The molecule has 0 bridgehead atoms. The summed E-state index contributed by atoms with van der Waals surface area (Å²) in [6, 6.07) is 73.4. The van der Waals surface area contributed by atoms with E-state index in [0.29, 0.717) is 5.92 Å². The maximum atomic E-state index is 4.53. The minimum Gasteiger partial charge on any atom is -0.362 e. The number of fused-ring (bicyclic) bond motifs is 3. The van der Waals surface area contributed by atoms with Crippen LogP contribution < -0.4 is 15.1 Å². The second kappa shape index (κ2) is 19.0. The molecule has 4 heteroatoms. The quantitative estimate of drug-likeness (QED) is 0.110. The van der Waals surface area contributed by atoms with Gasteiger partial charge in [-0.15, -0.1) is 0 Å². The van der Waals surface area contributed by atoms with E-state index >= 15 is 0 Å². The highest BCUT2D eigenvalue weighted by Crippen LogP contribution is 2.40. The van der Waals surface area contributed by atoms with Gasteiger partial charge in [0.15, 0.2) is 0 Å². The van der Waals surface area contributed by atoms with Crippen LogP contribution in [0.2, 0.25) is 0 Å². The van der Waals surface area contributed by atoms with Crippen LogP contribution in [0.1, 0.15) is 12.0 Å². The average molecular weight is 839 g/mol. The highest BCUT2D eigenvalue weighted by atomic mass is 15.2. The van der Waals surface area contributed by atoms with Gasteiger partial charge in [-0.1, -0.05) is 158 Å². The van der Waals surface area contributed by atoms with Gasteiger partial charge in [0.25, 0.3) is 0 Å². The topological polar surface area (TPSA) is 23.4 Å². The van der Waals surface area contributed by atoms with Gasteiger partial charge in [0.1, 0.15) is 0 Å². The number of aromatic nitrogens is 1. The van der Waals surface area contributed by atoms with Crippen molar-refractivity contribution < 1.29 is 0 Å². The van der Waals surface area contributed by atoms with E-state index in [1.807, 2.05) is 6.20 Å². The fourth-order valence-corrected chi connectivity index (χ4v) is 8.87. The second-order valence-corrected chi connectivity index (χ2v) is 16.3. The first-order valence-corrected chi connectivity index (χ1v) is 22.4. The molecule has 0 amide bonds. The molecule has 1 aliphatic carbocycles. The Kier molecular flexibility index (Phi) is 11.9. The average Bonchev–Trinajstić information content (AvgIpc) is 3.70. The van der Waals surface area contributed by atoms with E-state index in [4.69, 9.17) is 0 Å². The molecule has 0 radical (unpaired) electrons. The molecule has 1 atom stereocenters. The van der Waals surface area contributed by atoms with E-state index in [-0.39, 0.29) is 0 Å². The second-order valence-electron chi connectivity index (χ2n) is 16.3. The van der Waals surface area contributed by atoms with Crippen molar-refractivity contribution in [2.45, 2.75) is 12.8 Å². The van der Waals surface area contributed by atoms with E-state index in [0.717, 1.165) is 69.5 Å². The Morgan fingerprint density at radius 1 is 0.585 bits per heavy atom. The van der Waals surface area contributed by atoms with Crippen LogP contribution >= 0.6 is 0 Å². The molecule has 65 heavy (non-hydrogen) atoms. The van der Waals surface area contributed by atoms with Gasteiger partial charge in [0, 0.05) is 56.3 Å². The smallest absolute Gasteiger partial charge is 0.0542 e. The first-order chi connectivity index (χ1) is 32.2. The first kappa shape index (κ1) is 40.7. The van der Waals surface area contributed by atoms with E-state index in [2.05, 4.69) is 275 Å². The number of nitrogens with one attached hydrogen (secondary N) is 1. The fourth-order valence-electron chi connectivity index (χ4n) is 8.87. The Labute approximate surface area is 382 Å². The van der Waals surface area contributed by atoms with Crippen molar-refractivity contribution >= 4 is 55.9 Å². The van der Waals surface area contributed by atoms with E-state index < -0.39 is 0 Å². The number of para-hydroxylation sites is 5. The molecule has 1 aliphatic rings. The summed E-state index contributed by atoms with van der Waals surface area (Å²) in [5, 5.41) is 5.96. The van der Waals surface area contributed by atoms with Gasteiger partial charge in [-0.3, -0.25) is 0 Å². The Balaban J connectivity index is 0.854. The van der Waals surface area contributed by atoms with E-state index in [1.165, 1.54) is 27.4 Å². The fraction of sp³-hybridized carbons (Fsp3) is 0.0492. The van der Waals surface area contributed by atoms with Crippen molar-refractivity contribution in [1.82, 2.24) is 4.57 Å². The SMILES string of the molecule is C=C(/C=C\C1C=CC=CC1)N(c1ccccc1)c1ccccc1C/C=C/Nc1ccc(-c2ccc(N(c3ccccc3)c3ccc4c(c3)c3ccccc3n4-c3ccccc3)cc2)cc1. The third kappa shape index (κ3) is 8.84. The molecule has 9 aromatic rings. The Morgan fingerprint density at radius 3 is 1.94 bits per heavy atom. The minimum absolute atomic E-state index is 0.374. The number of allylic oxidation sites excluding steroid dienone is 7. The predicted molar refractivity (Wildman–Crippen MR) is 277 cm³/mol. The van der Waals surface area contributed by atoms with Crippen LogP contribution in [-0.2, 0) is 6.42 Å². The van der Waals surface area contributed by atoms with Gasteiger partial charge >= 0.3 is 0 Å². The summed E-state index contributed by atoms with van der Waals surface area (Å²) in [5.41, 5.74) is 14.5. The zero-order chi connectivity index (χ0) is 43.8. The van der Waals surface area contributed by atoms with E-state index in [9.17, 15) is 0 Å². The maximum absolute atomic E-state index is 4.53. The molecule has 0 spiro atoms. The maximum Gasteiger partial charge on any atom is 0.0542 e. The van der Waals surface area contributed by atoms with Crippen molar-refractivity contribution in [2.24, 2.45) is 5.92 Å². The van der Waals surface area contributed by atoms with Crippen molar-refractivity contribution in [1.29, 1.82) is 0 Å². The summed E-state index contributed by atoms with van der Waals surface area (Å²) in [6.45, 7) is 4.53. The molecule has 4 nitrogen and oxygen atoms in total. The standard InChI is InChI=1S/C61H50N4/c1-46(32-33-47-19-6-2-7-20-47)63(52-23-8-3-9-24-52)59-30-16-14-21-50(59)22-18-44-62-51-38-34-48(35-39-51)49-36-40-55(41-37-49)64(53-25-10-4-11-26-53)56-42-43-61-58(45-56)57-29-15-17-31-60(57)65(61)54-27-12-5-13-28-54/h2-19,21,23-45,47,62H,1,20,22H2/b33-32-,44-18+. The molecule has 1 aromatic heterocycles. The van der Waals surface area contributed by atoms with Gasteiger partial charge in [0.05, 0.1) is 11.0 Å². The van der Waals surface area contributed by atoms with Crippen LogP contribution in [0.5, 0.6) is 0 Å². The largest absolute Gasteiger partial charge is 0.362 e. The highest BCUT2D eigenvalue weighted by Gasteiger charge is 2.18. The zero-order valence-electron chi connectivity index (χ0n) is 36.3. The molecular formula is C61H50N4. The Bertz CT molecular complexity index is 3180. The number of nitrogens with zero attached hydrogens (tertiary/aromatic N) is 3. The lowest BCUT2D eigenvalue weighted by atomic mass is 10.00. The summed E-state index contributed by atoms with van der Waals surface area (Å²) < 4.78 is 2.36. The van der Waals surface area contributed by atoms with Crippen molar-refractivity contribution in [3.63, 3.8) is 0 Å². The molecule has 1 unspecified atom stereocenters. The lowest BCUT2D eigenvalue weighted by Gasteiger charge is -2.28. The van der Waals surface area contributed by atoms with Crippen LogP contribution in [-0.4, -0.2) is 4.57 Å². The van der Waals surface area contributed by atoms with Gasteiger partial charge in [-0.2, -0.15) is 0 Å². The van der Waals surface area contributed by atoms with Gasteiger partial charge in [-0.05, 0) is 139 Å². The van der Waals surface area contributed by atoms with Gasteiger partial charge in [0.2, 0.25) is 0 Å². The molecular weight excluding hydrogens is 789 g/mol. The molecule has 1 N–H and O–H groups in total. The predicted octanol–water partition coefficient (Wildman–Crippen LogP) is 16.4. The number of anilines is 6. The molecule has 10 rings (SSSR count). The Hall–Kier alpha value is -8.34. The molecule has 0 fully saturated rings. The van der Waals surface area contributed by atoms with Crippen LogP contribution in [0.3, 0.4) is 0 Å². The van der Waals surface area contributed by atoms with Crippen LogP contribution in [0.25, 0.3) is 38.6 Å². The van der Waals surface area contributed by atoms with Crippen molar-refractivity contribution in [2.75, 3.05) is 15.1 Å². The lowest BCUT2D eigenvalue weighted by Crippen LogP contribution is -2.16. The molecule has 0 saturated carbocycles. The minimum atomic E-state index is 0.374. The summed E-state index contributed by atoms with van der Waals surface area (Å²) in [4.78, 5) is 4.60. The van der Waals surface area contributed by atoms with Gasteiger partial charge in [-0.25, -0.2) is 0 Å². The number of benzene rings is 8. The zero-order valence-corrected chi connectivity index (χ0v) is 36.3. The number of rotatable bonds is 14. The first-order valence-electron chi connectivity index (χ1n) is 22.4. The lowest BCUT2D eigenvalue weighted by molar-refractivity contribution is 0.821. The number of hydrogen-bond acceptors (Lipinski definition) is 3. The van der Waals surface area contributed by atoms with Crippen LogP contribution in [0.4, 0.5) is 34.1 Å². The summed E-state index contributed by atoms with van der Waals surface area (Å²) in [6.07, 6.45) is 19.1. The molecule has 8 aromatic carbocycles. The summed E-state index contributed by atoms with van der Waals surface area (Å²) in [7, 11) is 0. The molecule has 0 aliphatic heterocycles. The molecule has 0 saturated heterocycles. The van der Waals surface area contributed by atoms with E-state index in [1.54, 1.807) is 0 Å². The van der Waals surface area contributed by atoms with Gasteiger partial charge < -0.3 is 19.7 Å². The molecule has 314 valence electrons. The normalized spacial score (nSPS) is 13.5. The van der Waals surface area contributed by atoms with Crippen LogP contribution in [0.15, 0.2) is 267 Å². The summed E-state index contributed by atoms with van der Waals surface area (Å²) >= 11 is 0. The highest BCUT2D eigenvalue weighted by molar-refractivity contribution is 6.10. The van der Waals surface area contributed by atoms with Crippen molar-refractivity contribution in [3.8, 4) is 16.8 Å².